The minimum atomic E-state index is -4.17. The van der Waals surface area contributed by atoms with Crippen molar-refractivity contribution in [2.45, 2.75) is 24.4 Å². The van der Waals surface area contributed by atoms with Crippen LogP contribution in [0.1, 0.15) is 23.8 Å². The second-order valence-corrected chi connectivity index (χ2v) is 4.90. The van der Waals surface area contributed by atoms with Gasteiger partial charge < -0.3 is 4.74 Å². The van der Waals surface area contributed by atoms with Crippen LogP contribution in [0.25, 0.3) is 0 Å². The van der Waals surface area contributed by atoms with Gasteiger partial charge in [-0.15, -0.1) is 11.6 Å². The molecule has 0 amide bonds. The Bertz CT molecular complexity index is 381. The van der Waals surface area contributed by atoms with E-state index in [1.165, 1.54) is 7.11 Å². The summed E-state index contributed by atoms with van der Waals surface area (Å²) in [6.45, 7) is 0. The van der Waals surface area contributed by atoms with Crippen molar-refractivity contribution in [2.75, 3.05) is 7.11 Å². The van der Waals surface area contributed by atoms with Gasteiger partial charge in [0, 0.05) is 6.42 Å². The highest BCUT2D eigenvalue weighted by molar-refractivity contribution is 9.10. The molecule has 0 N–H and O–H groups in total. The van der Waals surface area contributed by atoms with Crippen LogP contribution in [0.2, 0.25) is 0 Å². The summed E-state index contributed by atoms with van der Waals surface area (Å²) >= 11 is 9.18. The maximum atomic E-state index is 12.0. The number of benzene rings is 1. The van der Waals surface area contributed by atoms with Crippen LogP contribution in [0.15, 0.2) is 22.7 Å². The molecule has 0 fully saturated rings. The van der Waals surface area contributed by atoms with E-state index in [4.69, 9.17) is 16.3 Å². The van der Waals surface area contributed by atoms with Gasteiger partial charge in [-0.25, -0.2) is 0 Å². The van der Waals surface area contributed by atoms with Gasteiger partial charge in [0.2, 0.25) is 0 Å². The molecular weight excluding hydrogens is 320 g/mol. The molecule has 0 aromatic heterocycles. The quantitative estimate of drug-likeness (QED) is 0.699. The molecule has 0 spiro atoms. The van der Waals surface area contributed by atoms with Gasteiger partial charge in [-0.2, -0.15) is 13.2 Å². The average molecular weight is 332 g/mol. The van der Waals surface area contributed by atoms with Crippen LogP contribution in [0, 0.1) is 0 Å². The van der Waals surface area contributed by atoms with Crippen molar-refractivity contribution in [3.63, 3.8) is 0 Å². The predicted octanol–water partition coefficient (Wildman–Crippen LogP) is 5.08. The molecule has 1 atom stereocenters. The van der Waals surface area contributed by atoms with Crippen LogP contribution in [-0.4, -0.2) is 13.3 Å². The van der Waals surface area contributed by atoms with Gasteiger partial charge in [0.1, 0.15) is 5.75 Å². The summed E-state index contributed by atoms with van der Waals surface area (Å²) in [5.41, 5.74) is 0.642. The smallest absolute Gasteiger partial charge is 0.389 e. The summed E-state index contributed by atoms with van der Waals surface area (Å²) in [6.07, 6.45) is -5.19. The first-order chi connectivity index (χ1) is 7.83. The van der Waals surface area contributed by atoms with Crippen molar-refractivity contribution in [2.24, 2.45) is 0 Å². The van der Waals surface area contributed by atoms with Crippen molar-refractivity contribution in [1.82, 2.24) is 0 Å². The molecule has 0 heterocycles. The number of hydrogen-bond donors (Lipinski definition) is 0. The Balaban J connectivity index is 2.69. The fourth-order valence-electron chi connectivity index (χ4n) is 1.33. The van der Waals surface area contributed by atoms with Crippen LogP contribution >= 0.6 is 27.5 Å². The molecule has 96 valence electrons. The van der Waals surface area contributed by atoms with E-state index >= 15 is 0 Å². The third kappa shape index (κ3) is 4.76. The normalized spacial score (nSPS) is 13.5. The maximum absolute atomic E-state index is 12.0. The molecule has 1 rings (SSSR count). The molecule has 0 aliphatic carbocycles. The fourth-order valence-corrected chi connectivity index (χ4v) is 2.14. The van der Waals surface area contributed by atoms with Gasteiger partial charge in [-0.3, -0.25) is 0 Å². The van der Waals surface area contributed by atoms with Crippen molar-refractivity contribution in [1.29, 1.82) is 0 Å². The summed E-state index contributed by atoms with van der Waals surface area (Å²) < 4.78 is 41.8. The summed E-state index contributed by atoms with van der Waals surface area (Å²) in [7, 11) is 1.52. The van der Waals surface area contributed by atoms with Gasteiger partial charge in [0.15, 0.2) is 0 Å². The van der Waals surface area contributed by atoms with Crippen LogP contribution in [0.3, 0.4) is 0 Å². The number of ether oxygens (including phenoxy) is 1. The van der Waals surface area contributed by atoms with Crippen LogP contribution in [0.4, 0.5) is 13.2 Å². The molecular formula is C11H11BrClF3O. The van der Waals surface area contributed by atoms with Crippen LogP contribution in [0.5, 0.6) is 5.75 Å². The van der Waals surface area contributed by atoms with Crippen molar-refractivity contribution in [3.05, 3.63) is 28.2 Å². The van der Waals surface area contributed by atoms with E-state index in [2.05, 4.69) is 15.9 Å². The van der Waals surface area contributed by atoms with E-state index in [-0.39, 0.29) is 6.42 Å². The molecule has 0 saturated carbocycles. The van der Waals surface area contributed by atoms with Crippen molar-refractivity contribution >= 4 is 27.5 Å². The second-order valence-electron chi connectivity index (χ2n) is 3.52. The Morgan fingerprint density at radius 3 is 2.53 bits per heavy atom. The predicted molar refractivity (Wildman–Crippen MR) is 64.6 cm³/mol. The average Bonchev–Trinajstić information content (AvgIpc) is 2.24. The van der Waals surface area contributed by atoms with Gasteiger partial charge in [-0.1, -0.05) is 6.07 Å². The van der Waals surface area contributed by atoms with Gasteiger partial charge >= 0.3 is 6.18 Å². The number of methoxy groups -OCH3 is 1. The monoisotopic (exact) mass is 330 g/mol. The molecule has 0 aliphatic heterocycles. The van der Waals surface area contributed by atoms with Crippen molar-refractivity contribution < 1.29 is 17.9 Å². The zero-order valence-corrected chi connectivity index (χ0v) is 11.4. The zero-order chi connectivity index (χ0) is 13.1. The summed E-state index contributed by atoms with van der Waals surface area (Å²) in [5.74, 6) is 0.619. The number of rotatable bonds is 4. The third-order valence-corrected chi connectivity index (χ3v) is 3.31. The molecule has 1 aromatic rings. The summed E-state index contributed by atoms with van der Waals surface area (Å²) in [5, 5.41) is -0.654. The van der Waals surface area contributed by atoms with Crippen molar-refractivity contribution in [3.8, 4) is 5.75 Å². The SMILES string of the molecule is COc1ccc(C(Cl)CCC(F)(F)F)cc1Br. The highest BCUT2D eigenvalue weighted by Crippen LogP contribution is 2.35. The number of halogens is 5. The third-order valence-electron chi connectivity index (χ3n) is 2.22. The van der Waals surface area contributed by atoms with E-state index in [1.54, 1.807) is 18.2 Å². The lowest BCUT2D eigenvalue weighted by molar-refractivity contribution is -0.135. The Kier molecular flexibility index (Phi) is 5.13. The van der Waals surface area contributed by atoms with E-state index in [9.17, 15) is 13.2 Å². The zero-order valence-electron chi connectivity index (χ0n) is 9.02. The molecule has 6 heteroatoms. The largest absolute Gasteiger partial charge is 0.496 e. The molecule has 0 bridgehead atoms. The molecule has 0 radical (unpaired) electrons. The van der Waals surface area contributed by atoms with Crippen LogP contribution < -0.4 is 4.74 Å². The Labute approximate surface area is 111 Å². The van der Waals surface area contributed by atoms with Gasteiger partial charge in [0.25, 0.3) is 0 Å². The Hall–Kier alpha value is -0.420. The lowest BCUT2D eigenvalue weighted by Gasteiger charge is -2.13. The first-order valence-electron chi connectivity index (χ1n) is 4.88. The first kappa shape index (κ1) is 14.6. The topological polar surface area (TPSA) is 9.23 Å². The number of alkyl halides is 4. The molecule has 0 saturated heterocycles. The fraction of sp³-hybridized carbons (Fsp3) is 0.455. The van der Waals surface area contributed by atoms with E-state index in [0.717, 1.165) is 0 Å². The van der Waals surface area contributed by atoms with E-state index in [1.807, 2.05) is 0 Å². The summed E-state index contributed by atoms with van der Waals surface area (Å²) in [6, 6.07) is 5.01. The lowest BCUT2D eigenvalue weighted by atomic mass is 10.1. The first-order valence-corrected chi connectivity index (χ1v) is 6.10. The Morgan fingerprint density at radius 1 is 1.41 bits per heavy atom. The van der Waals surface area contributed by atoms with Crippen LogP contribution in [-0.2, 0) is 0 Å². The minimum absolute atomic E-state index is 0.135. The maximum Gasteiger partial charge on any atom is 0.389 e. The van der Waals surface area contributed by atoms with E-state index in [0.29, 0.717) is 15.8 Å². The highest BCUT2D eigenvalue weighted by atomic mass is 79.9. The number of hydrogen-bond acceptors (Lipinski definition) is 1. The highest BCUT2D eigenvalue weighted by Gasteiger charge is 2.28. The second kappa shape index (κ2) is 5.96. The molecule has 1 unspecified atom stereocenters. The standard InChI is InChI=1S/C11H11BrClF3O/c1-17-10-3-2-7(6-8(10)12)9(13)4-5-11(14,15)16/h2-3,6,9H,4-5H2,1H3. The minimum Gasteiger partial charge on any atom is -0.496 e. The summed E-state index contributed by atoms with van der Waals surface area (Å²) in [4.78, 5) is 0. The van der Waals surface area contributed by atoms with E-state index < -0.39 is 18.0 Å². The lowest BCUT2D eigenvalue weighted by Crippen LogP contribution is -2.08. The molecule has 1 aromatic carbocycles. The van der Waals surface area contributed by atoms with Gasteiger partial charge in [-0.05, 0) is 40.0 Å². The molecule has 1 nitrogen and oxygen atoms in total. The molecule has 0 aliphatic rings. The van der Waals surface area contributed by atoms with Gasteiger partial charge in [0.05, 0.1) is 17.0 Å². The molecule has 17 heavy (non-hydrogen) atoms. The Morgan fingerprint density at radius 2 is 2.06 bits per heavy atom.